The first-order valence-corrected chi connectivity index (χ1v) is 6.59. The van der Waals surface area contributed by atoms with Crippen molar-refractivity contribution in [1.29, 1.82) is 0 Å². The SMILES string of the molecule is Cc1ccc(C(=O)N2CCCC2C(N)=S)cc1C. The molecule has 1 atom stereocenters. The minimum absolute atomic E-state index is 0.0356. The van der Waals surface area contributed by atoms with E-state index in [1.807, 2.05) is 32.0 Å². The highest BCUT2D eigenvalue weighted by Crippen LogP contribution is 2.21. The lowest BCUT2D eigenvalue weighted by Gasteiger charge is -2.24. The first kappa shape index (κ1) is 13.0. The van der Waals surface area contributed by atoms with Gasteiger partial charge in [0.1, 0.15) is 0 Å². The Balaban J connectivity index is 2.25. The fourth-order valence-electron chi connectivity index (χ4n) is 2.35. The number of thiocarbonyl (C=S) groups is 1. The number of hydrogen-bond acceptors (Lipinski definition) is 2. The Morgan fingerprint density at radius 3 is 2.72 bits per heavy atom. The lowest BCUT2D eigenvalue weighted by Crippen LogP contribution is -2.42. The topological polar surface area (TPSA) is 46.3 Å². The van der Waals surface area contributed by atoms with E-state index in [4.69, 9.17) is 18.0 Å². The molecule has 1 aromatic rings. The fourth-order valence-corrected chi connectivity index (χ4v) is 2.59. The number of carbonyl (C=O) groups excluding carboxylic acids is 1. The van der Waals surface area contributed by atoms with Crippen molar-refractivity contribution in [2.75, 3.05) is 6.54 Å². The van der Waals surface area contributed by atoms with Crippen molar-refractivity contribution < 1.29 is 4.79 Å². The number of rotatable bonds is 2. The largest absolute Gasteiger partial charge is 0.392 e. The number of amides is 1. The third kappa shape index (κ3) is 2.38. The van der Waals surface area contributed by atoms with Crippen LogP contribution in [0.1, 0.15) is 34.3 Å². The summed E-state index contributed by atoms with van der Waals surface area (Å²) in [5.41, 5.74) is 8.74. The number of aryl methyl sites for hydroxylation is 2. The van der Waals surface area contributed by atoms with E-state index < -0.39 is 0 Å². The van der Waals surface area contributed by atoms with Gasteiger partial charge in [-0.2, -0.15) is 0 Å². The normalized spacial score (nSPS) is 19.0. The summed E-state index contributed by atoms with van der Waals surface area (Å²) in [6.07, 6.45) is 1.85. The van der Waals surface area contributed by atoms with Crippen molar-refractivity contribution in [2.24, 2.45) is 5.73 Å². The zero-order chi connectivity index (χ0) is 13.3. The highest BCUT2D eigenvalue weighted by atomic mass is 32.1. The van der Waals surface area contributed by atoms with Gasteiger partial charge < -0.3 is 10.6 Å². The van der Waals surface area contributed by atoms with Gasteiger partial charge in [-0.25, -0.2) is 0 Å². The first-order chi connectivity index (χ1) is 8.50. The monoisotopic (exact) mass is 262 g/mol. The highest BCUT2D eigenvalue weighted by molar-refractivity contribution is 7.80. The highest BCUT2D eigenvalue weighted by Gasteiger charge is 2.31. The van der Waals surface area contributed by atoms with Crippen LogP contribution in [0.3, 0.4) is 0 Å². The van der Waals surface area contributed by atoms with Crippen LogP contribution >= 0.6 is 12.2 Å². The maximum atomic E-state index is 12.4. The maximum Gasteiger partial charge on any atom is 0.254 e. The number of carbonyl (C=O) groups is 1. The zero-order valence-corrected chi connectivity index (χ0v) is 11.6. The molecule has 1 saturated heterocycles. The second-order valence-corrected chi connectivity index (χ2v) is 5.33. The molecule has 0 saturated carbocycles. The van der Waals surface area contributed by atoms with Crippen molar-refractivity contribution >= 4 is 23.1 Å². The quantitative estimate of drug-likeness (QED) is 0.831. The molecule has 0 radical (unpaired) electrons. The molecule has 1 aromatic carbocycles. The minimum atomic E-state index is -0.0749. The average Bonchev–Trinajstić information content (AvgIpc) is 2.81. The van der Waals surface area contributed by atoms with Crippen LogP contribution in [0.25, 0.3) is 0 Å². The number of benzene rings is 1. The number of nitrogens with two attached hydrogens (primary N) is 1. The van der Waals surface area contributed by atoms with E-state index in [2.05, 4.69) is 0 Å². The van der Waals surface area contributed by atoms with Crippen molar-refractivity contribution in [3.05, 3.63) is 34.9 Å². The molecule has 0 bridgehead atoms. The second-order valence-electron chi connectivity index (χ2n) is 4.86. The summed E-state index contributed by atoms with van der Waals surface area (Å²) >= 11 is 5.03. The van der Waals surface area contributed by atoms with Gasteiger partial charge in [-0.05, 0) is 49.9 Å². The van der Waals surface area contributed by atoms with E-state index >= 15 is 0 Å². The number of likely N-dealkylation sites (tertiary alicyclic amines) is 1. The van der Waals surface area contributed by atoms with Crippen molar-refractivity contribution in [1.82, 2.24) is 4.90 Å². The van der Waals surface area contributed by atoms with E-state index in [1.165, 1.54) is 5.56 Å². The molecule has 4 heteroatoms. The summed E-state index contributed by atoms with van der Waals surface area (Å²) in [4.78, 5) is 14.7. The van der Waals surface area contributed by atoms with Gasteiger partial charge in [0, 0.05) is 12.1 Å². The summed E-state index contributed by atoms with van der Waals surface area (Å²) in [7, 11) is 0. The molecule has 1 fully saturated rings. The van der Waals surface area contributed by atoms with Crippen LogP contribution in [0.5, 0.6) is 0 Å². The van der Waals surface area contributed by atoms with E-state index in [1.54, 1.807) is 4.90 Å². The molecule has 1 unspecified atom stereocenters. The minimum Gasteiger partial charge on any atom is -0.392 e. The van der Waals surface area contributed by atoms with Crippen LogP contribution < -0.4 is 5.73 Å². The number of nitrogens with zero attached hydrogens (tertiary/aromatic N) is 1. The lowest BCUT2D eigenvalue weighted by atomic mass is 10.1. The molecule has 3 nitrogen and oxygen atoms in total. The molecular formula is C14H18N2OS. The van der Waals surface area contributed by atoms with E-state index in [0.29, 0.717) is 4.99 Å². The van der Waals surface area contributed by atoms with Crippen LogP contribution in [0, 0.1) is 13.8 Å². The molecule has 0 aromatic heterocycles. The molecule has 0 spiro atoms. The molecule has 2 rings (SSSR count). The van der Waals surface area contributed by atoms with Crippen molar-refractivity contribution in [2.45, 2.75) is 32.7 Å². The first-order valence-electron chi connectivity index (χ1n) is 6.18. The third-order valence-electron chi connectivity index (χ3n) is 3.60. The van der Waals surface area contributed by atoms with Crippen LogP contribution in [0.15, 0.2) is 18.2 Å². The lowest BCUT2D eigenvalue weighted by molar-refractivity contribution is 0.0770. The molecule has 0 aliphatic carbocycles. The Hall–Kier alpha value is -1.42. The van der Waals surface area contributed by atoms with Gasteiger partial charge in [0.05, 0.1) is 11.0 Å². The zero-order valence-electron chi connectivity index (χ0n) is 10.8. The van der Waals surface area contributed by atoms with Gasteiger partial charge in [0.2, 0.25) is 0 Å². The third-order valence-corrected chi connectivity index (χ3v) is 3.87. The van der Waals surface area contributed by atoms with Gasteiger partial charge >= 0.3 is 0 Å². The average molecular weight is 262 g/mol. The Morgan fingerprint density at radius 2 is 2.11 bits per heavy atom. The molecule has 1 aliphatic rings. The summed E-state index contributed by atoms with van der Waals surface area (Å²) in [6, 6.07) is 5.72. The van der Waals surface area contributed by atoms with Crippen LogP contribution in [0.2, 0.25) is 0 Å². The molecule has 1 amide bonds. The second kappa shape index (κ2) is 5.06. The van der Waals surface area contributed by atoms with Gasteiger partial charge in [-0.15, -0.1) is 0 Å². The van der Waals surface area contributed by atoms with Gasteiger partial charge in [-0.1, -0.05) is 18.3 Å². The van der Waals surface area contributed by atoms with Crippen LogP contribution in [0.4, 0.5) is 0 Å². The predicted molar refractivity (Wildman–Crippen MR) is 76.8 cm³/mol. The van der Waals surface area contributed by atoms with Gasteiger partial charge in [-0.3, -0.25) is 4.79 Å². The Kier molecular flexibility index (Phi) is 3.66. The van der Waals surface area contributed by atoms with Crippen molar-refractivity contribution in [3.8, 4) is 0 Å². The smallest absolute Gasteiger partial charge is 0.254 e. The predicted octanol–water partition coefficient (Wildman–Crippen LogP) is 2.19. The summed E-state index contributed by atoms with van der Waals surface area (Å²) < 4.78 is 0. The molecule has 2 N–H and O–H groups in total. The van der Waals surface area contributed by atoms with Crippen LogP contribution in [-0.2, 0) is 0 Å². The number of hydrogen-bond donors (Lipinski definition) is 1. The van der Waals surface area contributed by atoms with E-state index in [-0.39, 0.29) is 11.9 Å². The molecular weight excluding hydrogens is 244 g/mol. The summed E-state index contributed by atoms with van der Waals surface area (Å²) in [6.45, 7) is 4.80. The Morgan fingerprint density at radius 1 is 1.39 bits per heavy atom. The van der Waals surface area contributed by atoms with Gasteiger partial charge in [0.15, 0.2) is 0 Å². The summed E-state index contributed by atoms with van der Waals surface area (Å²) in [5.74, 6) is 0.0356. The van der Waals surface area contributed by atoms with Gasteiger partial charge in [0.25, 0.3) is 5.91 Å². The van der Waals surface area contributed by atoms with E-state index in [9.17, 15) is 4.79 Å². The Labute approximate surface area is 113 Å². The standard InChI is InChI=1S/C14H18N2OS/c1-9-5-6-11(8-10(9)2)14(17)16-7-3-4-12(16)13(15)18/h5-6,8,12H,3-4,7H2,1-2H3,(H2,15,18). The summed E-state index contributed by atoms with van der Waals surface area (Å²) in [5, 5.41) is 0. The Bertz CT molecular complexity index is 499. The molecule has 1 heterocycles. The van der Waals surface area contributed by atoms with Crippen molar-refractivity contribution in [3.63, 3.8) is 0 Å². The molecule has 18 heavy (non-hydrogen) atoms. The fraction of sp³-hybridized carbons (Fsp3) is 0.429. The maximum absolute atomic E-state index is 12.4. The molecule has 1 aliphatic heterocycles. The molecule has 96 valence electrons. The van der Waals surface area contributed by atoms with E-state index in [0.717, 1.165) is 30.5 Å². The van der Waals surface area contributed by atoms with Crippen LogP contribution in [-0.4, -0.2) is 28.4 Å².